The van der Waals surface area contributed by atoms with Gasteiger partial charge in [0.25, 0.3) is 0 Å². The Kier molecular flexibility index (Phi) is 4.88. The number of benzene rings is 2. The first-order chi connectivity index (χ1) is 8.93. The van der Waals surface area contributed by atoms with E-state index >= 15 is 0 Å². The normalized spacial score (nSPS) is 9.68. The maximum Gasteiger partial charge on any atom is 4.00 e. The quantitative estimate of drug-likeness (QED) is 0.383. The van der Waals surface area contributed by atoms with Crippen LogP contribution in [0.4, 0.5) is 0 Å². The molecule has 0 aliphatic rings. The number of hydrogen-bond acceptors (Lipinski definition) is 0. The summed E-state index contributed by atoms with van der Waals surface area (Å²) in [7, 11) is 0. The molecule has 0 spiro atoms. The summed E-state index contributed by atoms with van der Waals surface area (Å²) in [5, 5.41) is 5.32. The van der Waals surface area contributed by atoms with Crippen molar-refractivity contribution in [1.29, 1.82) is 0 Å². The molecule has 4 rings (SSSR count). The van der Waals surface area contributed by atoms with E-state index in [2.05, 4.69) is 84.9 Å². The van der Waals surface area contributed by atoms with Crippen molar-refractivity contribution in [3.8, 4) is 0 Å². The molecular weight excluding hydrogens is 307 g/mol. The summed E-state index contributed by atoms with van der Waals surface area (Å²) in [6, 6.07) is 29.3. The molecule has 0 heterocycles. The minimum absolute atomic E-state index is 0. The average Bonchev–Trinajstić information content (AvgIpc) is 3.08. The van der Waals surface area contributed by atoms with E-state index in [0.717, 1.165) is 0 Å². The number of hydrogen-bond donors (Lipinski definition) is 0. The smallest absolute Gasteiger partial charge is 1.00 e. The minimum atomic E-state index is 0. The molecule has 0 bridgehead atoms. The van der Waals surface area contributed by atoms with Crippen LogP contribution in [0.5, 0.6) is 0 Å². The van der Waals surface area contributed by atoms with Gasteiger partial charge >= 0.3 is 26.2 Å². The van der Waals surface area contributed by atoms with Crippen LogP contribution in [-0.2, 0) is 26.2 Å². The molecule has 4 aromatic rings. The number of fused-ring (bicyclic) bond motifs is 2. The molecule has 0 saturated heterocycles. The van der Waals surface area contributed by atoms with Crippen molar-refractivity contribution in [3.63, 3.8) is 0 Å². The van der Waals surface area contributed by atoms with Crippen LogP contribution in [0.25, 0.3) is 21.5 Å². The van der Waals surface area contributed by atoms with Gasteiger partial charge < -0.3 is 2.85 Å². The van der Waals surface area contributed by atoms with Crippen LogP contribution in [-0.4, -0.2) is 0 Å². The van der Waals surface area contributed by atoms with E-state index in [0.29, 0.717) is 0 Å². The van der Waals surface area contributed by atoms with Crippen molar-refractivity contribution in [1.82, 2.24) is 0 Å². The summed E-state index contributed by atoms with van der Waals surface area (Å²) in [6.07, 6.45) is 0. The van der Waals surface area contributed by atoms with Gasteiger partial charge in [0, 0.05) is 0 Å². The fourth-order valence-corrected chi connectivity index (χ4v) is 2.14. The third-order valence-corrected chi connectivity index (χ3v) is 3.10. The van der Waals surface area contributed by atoms with Crippen LogP contribution in [0.3, 0.4) is 0 Å². The van der Waals surface area contributed by atoms with Gasteiger partial charge in [0.1, 0.15) is 0 Å². The van der Waals surface area contributed by atoms with Gasteiger partial charge in [0.2, 0.25) is 0 Å². The van der Waals surface area contributed by atoms with Gasteiger partial charge in [0.15, 0.2) is 0 Å². The van der Waals surface area contributed by atoms with E-state index in [4.69, 9.17) is 0 Å². The summed E-state index contributed by atoms with van der Waals surface area (Å²) in [6.45, 7) is 0. The topological polar surface area (TPSA) is 0 Å². The summed E-state index contributed by atoms with van der Waals surface area (Å²) in [5.74, 6) is 0. The van der Waals surface area contributed by atoms with Gasteiger partial charge in [-0.1, -0.05) is 12.1 Å². The molecule has 0 saturated carbocycles. The van der Waals surface area contributed by atoms with E-state index in [9.17, 15) is 0 Å². The Bertz CT molecular complexity index is 629. The molecule has 0 aromatic heterocycles. The van der Waals surface area contributed by atoms with Gasteiger partial charge in [-0.25, -0.2) is 0 Å². The molecular formula is C18H16Zr. The molecule has 0 atom stereocenters. The van der Waals surface area contributed by atoms with Crippen molar-refractivity contribution in [2.45, 2.75) is 0 Å². The summed E-state index contributed by atoms with van der Waals surface area (Å²) in [5.41, 5.74) is 0. The maximum absolute atomic E-state index is 2.12. The first-order valence-electron chi connectivity index (χ1n) is 6.14. The first-order valence-corrected chi connectivity index (χ1v) is 6.14. The summed E-state index contributed by atoms with van der Waals surface area (Å²) in [4.78, 5) is 0. The first kappa shape index (κ1) is 14.0. The van der Waals surface area contributed by atoms with E-state index in [1.54, 1.807) is 0 Å². The second-order valence-electron chi connectivity index (χ2n) is 4.31. The third kappa shape index (κ3) is 3.30. The van der Waals surface area contributed by atoms with Crippen molar-refractivity contribution in [2.24, 2.45) is 0 Å². The molecule has 92 valence electrons. The minimum Gasteiger partial charge on any atom is -1.00 e. The Hall–Kier alpha value is -1.46. The average molecular weight is 324 g/mol. The zero-order chi connectivity index (χ0) is 12.2. The molecule has 0 aliphatic carbocycles. The van der Waals surface area contributed by atoms with Gasteiger partial charge in [0.05, 0.1) is 0 Å². The molecule has 0 unspecified atom stereocenters. The monoisotopic (exact) mass is 322 g/mol. The zero-order valence-electron chi connectivity index (χ0n) is 12.6. The van der Waals surface area contributed by atoms with Crippen molar-refractivity contribution in [2.75, 3.05) is 0 Å². The van der Waals surface area contributed by atoms with Crippen LogP contribution in [0.1, 0.15) is 2.85 Å². The Morgan fingerprint density at radius 2 is 1.00 bits per heavy atom. The molecule has 4 aromatic carbocycles. The van der Waals surface area contributed by atoms with Crippen molar-refractivity contribution < 1.29 is 29.1 Å². The Labute approximate surface area is 135 Å². The molecule has 1 heteroatoms. The van der Waals surface area contributed by atoms with Crippen LogP contribution in [0.15, 0.2) is 84.9 Å². The molecule has 0 nitrogen and oxygen atoms in total. The fourth-order valence-electron chi connectivity index (χ4n) is 2.14. The molecule has 0 aliphatic heterocycles. The Morgan fingerprint density at radius 3 is 1.42 bits per heavy atom. The van der Waals surface area contributed by atoms with Gasteiger partial charge in [-0.15, -0.1) is 59.3 Å². The number of rotatable bonds is 0. The second-order valence-corrected chi connectivity index (χ2v) is 4.31. The van der Waals surface area contributed by atoms with Crippen LogP contribution >= 0.6 is 0 Å². The largest absolute Gasteiger partial charge is 4.00 e. The molecule has 19 heavy (non-hydrogen) atoms. The SMILES string of the molecule is [H-].[H-].[Zr+4].c1ccc2[cH-]ccc2c1.c1ccc2[cH-]ccc2c1. The Balaban J connectivity index is 0.000000333. The molecule has 0 radical (unpaired) electrons. The van der Waals surface area contributed by atoms with Crippen molar-refractivity contribution in [3.05, 3.63) is 84.9 Å². The molecule has 0 N–H and O–H groups in total. The van der Waals surface area contributed by atoms with E-state index < -0.39 is 0 Å². The van der Waals surface area contributed by atoms with Crippen molar-refractivity contribution >= 4 is 21.5 Å². The van der Waals surface area contributed by atoms with Gasteiger partial charge in [-0.05, 0) is 0 Å². The van der Waals surface area contributed by atoms with Gasteiger partial charge in [-0.2, -0.15) is 35.0 Å². The predicted octanol–water partition coefficient (Wildman–Crippen LogP) is 5.34. The maximum atomic E-state index is 2.12. The van der Waals surface area contributed by atoms with Gasteiger partial charge in [-0.3, -0.25) is 0 Å². The molecule has 0 amide bonds. The zero-order valence-corrected chi connectivity index (χ0v) is 13.0. The summed E-state index contributed by atoms with van der Waals surface area (Å²) < 4.78 is 0. The van der Waals surface area contributed by atoms with Crippen LogP contribution in [0.2, 0.25) is 0 Å². The molecule has 0 fully saturated rings. The second kappa shape index (κ2) is 6.63. The standard InChI is InChI=1S/2C9H7.Zr.2H/c2*1-2-5-9-7-3-6-8(9)4-1;;;/h2*1-7H;;;/q2*-1;+4;2*-1. The Morgan fingerprint density at radius 1 is 0.579 bits per heavy atom. The van der Waals surface area contributed by atoms with E-state index in [1.165, 1.54) is 21.5 Å². The van der Waals surface area contributed by atoms with Crippen LogP contribution < -0.4 is 0 Å². The summed E-state index contributed by atoms with van der Waals surface area (Å²) >= 11 is 0. The third-order valence-electron chi connectivity index (χ3n) is 3.10. The fraction of sp³-hybridized carbons (Fsp3) is 0. The van der Waals surface area contributed by atoms with E-state index in [-0.39, 0.29) is 29.1 Å². The predicted molar refractivity (Wildman–Crippen MR) is 81.3 cm³/mol. The van der Waals surface area contributed by atoms with Crippen LogP contribution in [0, 0.1) is 0 Å². The van der Waals surface area contributed by atoms with E-state index in [1.807, 2.05) is 0 Å².